The average Bonchev–Trinajstić information content (AvgIpc) is 2.54. The second-order valence-electron chi connectivity index (χ2n) is 6.06. The van der Waals surface area contributed by atoms with Gasteiger partial charge in [-0.25, -0.2) is 4.79 Å². The Balaban J connectivity index is 2.98. The fourth-order valence-corrected chi connectivity index (χ4v) is 2.80. The number of nitrogens with one attached hydrogen (secondary N) is 1. The smallest absolute Gasteiger partial charge is 0.406 e. The third-order valence-electron chi connectivity index (χ3n) is 3.99. The summed E-state index contributed by atoms with van der Waals surface area (Å²) in [6.45, 7) is 0.549. The third kappa shape index (κ3) is 17.7. The summed E-state index contributed by atoms with van der Waals surface area (Å²) in [6, 6.07) is 0. The molecule has 1 amide bonds. The van der Waals surface area contributed by atoms with Crippen molar-refractivity contribution in [3.8, 4) is 0 Å². The second-order valence-corrected chi connectivity index (χ2v) is 6.51. The first-order valence-electron chi connectivity index (χ1n) is 9.26. The molecular weight excluding hydrogens is 294 g/mol. The van der Waals surface area contributed by atoms with Crippen molar-refractivity contribution in [3.63, 3.8) is 0 Å². The fraction of sp³-hybridized carbons (Fsp3) is 0.944. The predicted octanol–water partition coefficient (Wildman–Crippen LogP) is 5.73. The number of carbonyl (C=O) groups excluding carboxylic acids is 1. The lowest BCUT2D eigenvalue weighted by Gasteiger charge is -2.04. The fourth-order valence-electron chi connectivity index (χ4n) is 2.57. The molecule has 132 valence electrons. The molecule has 22 heavy (non-hydrogen) atoms. The zero-order valence-corrected chi connectivity index (χ0v) is 15.5. The molecule has 0 radical (unpaired) electrons. The highest BCUT2D eigenvalue weighted by molar-refractivity contribution is 7.80. The number of thiol groups is 1. The van der Waals surface area contributed by atoms with Crippen molar-refractivity contribution in [1.82, 2.24) is 5.32 Å². The van der Waals surface area contributed by atoms with E-state index in [0.717, 1.165) is 12.2 Å². The standard InChI is InChI=1S/C18H37NO2S/c1-19-18(20)21-16-14-12-10-8-6-4-2-3-5-7-9-11-13-15-17-22/h22H,2-17H2,1H3,(H,19,20). The van der Waals surface area contributed by atoms with Crippen molar-refractivity contribution in [2.45, 2.75) is 89.9 Å². The number of rotatable bonds is 16. The van der Waals surface area contributed by atoms with Crippen molar-refractivity contribution in [3.05, 3.63) is 0 Å². The van der Waals surface area contributed by atoms with Gasteiger partial charge in [-0.2, -0.15) is 12.6 Å². The highest BCUT2D eigenvalue weighted by Gasteiger charge is 1.97. The van der Waals surface area contributed by atoms with Crippen molar-refractivity contribution in [2.24, 2.45) is 0 Å². The lowest BCUT2D eigenvalue weighted by molar-refractivity contribution is 0.146. The van der Waals surface area contributed by atoms with Gasteiger partial charge in [0.15, 0.2) is 0 Å². The van der Waals surface area contributed by atoms with Gasteiger partial charge in [0.25, 0.3) is 0 Å². The molecule has 0 aliphatic rings. The largest absolute Gasteiger partial charge is 0.450 e. The highest BCUT2D eigenvalue weighted by atomic mass is 32.1. The first kappa shape index (κ1) is 21.6. The number of amides is 1. The molecule has 0 aliphatic carbocycles. The monoisotopic (exact) mass is 331 g/mol. The van der Waals surface area contributed by atoms with E-state index < -0.39 is 0 Å². The highest BCUT2D eigenvalue weighted by Crippen LogP contribution is 2.13. The number of carbonyl (C=O) groups is 1. The second kappa shape index (κ2) is 18.7. The molecule has 0 fully saturated rings. The van der Waals surface area contributed by atoms with E-state index in [1.54, 1.807) is 7.05 Å². The van der Waals surface area contributed by atoms with E-state index in [2.05, 4.69) is 17.9 Å². The number of hydrogen-bond acceptors (Lipinski definition) is 3. The Labute approximate surface area is 143 Å². The molecule has 0 bridgehead atoms. The van der Waals surface area contributed by atoms with Crippen LogP contribution in [0.4, 0.5) is 4.79 Å². The van der Waals surface area contributed by atoms with Crippen molar-refractivity contribution < 1.29 is 9.53 Å². The molecule has 0 aromatic rings. The molecule has 0 aromatic heterocycles. The van der Waals surface area contributed by atoms with Gasteiger partial charge < -0.3 is 10.1 Å². The molecule has 0 unspecified atom stereocenters. The number of alkyl carbamates (subject to hydrolysis) is 1. The van der Waals surface area contributed by atoms with Crippen molar-refractivity contribution in [2.75, 3.05) is 19.4 Å². The summed E-state index contributed by atoms with van der Waals surface area (Å²) < 4.78 is 4.95. The van der Waals surface area contributed by atoms with Crippen LogP contribution in [0.5, 0.6) is 0 Å². The van der Waals surface area contributed by atoms with E-state index in [-0.39, 0.29) is 6.09 Å². The van der Waals surface area contributed by atoms with Crippen LogP contribution in [0.25, 0.3) is 0 Å². The van der Waals surface area contributed by atoms with E-state index in [0.29, 0.717) is 6.61 Å². The summed E-state index contributed by atoms with van der Waals surface area (Å²) in [5, 5.41) is 2.45. The Morgan fingerprint density at radius 2 is 1.09 bits per heavy atom. The van der Waals surface area contributed by atoms with Gasteiger partial charge in [0, 0.05) is 7.05 Å². The molecule has 0 aliphatic heterocycles. The van der Waals surface area contributed by atoms with Crippen molar-refractivity contribution in [1.29, 1.82) is 0 Å². The maximum Gasteiger partial charge on any atom is 0.406 e. The third-order valence-corrected chi connectivity index (χ3v) is 4.31. The Bertz CT molecular complexity index is 237. The summed E-state index contributed by atoms with van der Waals surface area (Å²) in [4.78, 5) is 10.8. The van der Waals surface area contributed by atoms with Crippen LogP contribution in [-0.4, -0.2) is 25.5 Å². The first-order valence-corrected chi connectivity index (χ1v) is 9.90. The van der Waals surface area contributed by atoms with E-state index in [1.165, 1.54) is 83.5 Å². The topological polar surface area (TPSA) is 38.3 Å². The molecule has 0 atom stereocenters. The Kier molecular flexibility index (Phi) is 18.3. The van der Waals surface area contributed by atoms with Crippen molar-refractivity contribution >= 4 is 18.7 Å². The first-order chi connectivity index (χ1) is 10.8. The van der Waals surface area contributed by atoms with Crippen LogP contribution in [0, 0.1) is 0 Å². The minimum absolute atomic E-state index is 0.318. The minimum Gasteiger partial charge on any atom is -0.450 e. The number of ether oxygens (including phenoxy) is 1. The lowest BCUT2D eigenvalue weighted by Crippen LogP contribution is -2.19. The average molecular weight is 332 g/mol. The predicted molar refractivity (Wildman–Crippen MR) is 98.9 cm³/mol. The van der Waals surface area contributed by atoms with Gasteiger partial charge in [0.05, 0.1) is 6.61 Å². The molecule has 0 saturated heterocycles. The summed E-state index contributed by atoms with van der Waals surface area (Å²) in [5.74, 6) is 1.04. The van der Waals surface area contributed by atoms with Gasteiger partial charge in [-0.05, 0) is 18.6 Å². The Morgan fingerprint density at radius 3 is 1.45 bits per heavy atom. The molecule has 0 heterocycles. The zero-order valence-electron chi connectivity index (χ0n) is 14.6. The van der Waals surface area contributed by atoms with Gasteiger partial charge in [-0.3, -0.25) is 0 Å². The van der Waals surface area contributed by atoms with Gasteiger partial charge in [0.2, 0.25) is 0 Å². The molecule has 4 heteroatoms. The quantitative estimate of drug-likeness (QED) is 0.280. The van der Waals surface area contributed by atoms with Crippen LogP contribution in [0.1, 0.15) is 89.9 Å². The summed E-state index contributed by atoms with van der Waals surface area (Å²) in [5.41, 5.74) is 0. The van der Waals surface area contributed by atoms with Crippen LogP contribution < -0.4 is 5.32 Å². The van der Waals surface area contributed by atoms with Gasteiger partial charge in [-0.1, -0.05) is 77.0 Å². The summed E-state index contributed by atoms with van der Waals surface area (Å²) in [7, 11) is 1.59. The van der Waals surface area contributed by atoms with E-state index >= 15 is 0 Å². The number of hydrogen-bond donors (Lipinski definition) is 2. The Hall–Kier alpha value is -0.380. The Morgan fingerprint density at radius 1 is 0.727 bits per heavy atom. The van der Waals surface area contributed by atoms with E-state index in [4.69, 9.17) is 4.74 Å². The molecule has 3 nitrogen and oxygen atoms in total. The van der Waals surface area contributed by atoms with Gasteiger partial charge >= 0.3 is 6.09 Å². The maximum atomic E-state index is 10.8. The molecule has 1 N–H and O–H groups in total. The minimum atomic E-state index is -0.318. The van der Waals surface area contributed by atoms with Crippen LogP contribution in [0.2, 0.25) is 0 Å². The van der Waals surface area contributed by atoms with Gasteiger partial charge in [0.1, 0.15) is 0 Å². The summed E-state index contributed by atoms with van der Waals surface area (Å²) in [6.07, 6.45) is 18.2. The molecular formula is C18H37NO2S. The van der Waals surface area contributed by atoms with Gasteiger partial charge in [-0.15, -0.1) is 0 Å². The van der Waals surface area contributed by atoms with Crippen LogP contribution in [0.15, 0.2) is 0 Å². The van der Waals surface area contributed by atoms with Crippen LogP contribution in [-0.2, 0) is 4.74 Å². The number of unbranched alkanes of at least 4 members (excludes halogenated alkanes) is 13. The SMILES string of the molecule is CNC(=O)OCCCCCCCCCCCCCCCCS. The van der Waals surface area contributed by atoms with Crippen LogP contribution in [0.3, 0.4) is 0 Å². The zero-order chi connectivity index (χ0) is 16.3. The maximum absolute atomic E-state index is 10.8. The van der Waals surface area contributed by atoms with Crippen LogP contribution >= 0.6 is 12.6 Å². The molecule has 0 saturated carbocycles. The molecule has 0 spiro atoms. The molecule has 0 rings (SSSR count). The van der Waals surface area contributed by atoms with E-state index in [9.17, 15) is 4.79 Å². The molecule has 0 aromatic carbocycles. The van der Waals surface area contributed by atoms with E-state index in [1.807, 2.05) is 0 Å². The summed E-state index contributed by atoms with van der Waals surface area (Å²) >= 11 is 4.23. The lowest BCUT2D eigenvalue weighted by atomic mass is 10.0. The normalized spacial score (nSPS) is 10.6.